The van der Waals surface area contributed by atoms with Crippen LogP contribution < -0.4 is 4.90 Å². The number of aromatic amines is 1. The van der Waals surface area contributed by atoms with Crippen LogP contribution in [0.25, 0.3) is 11.0 Å². The second-order valence-corrected chi connectivity index (χ2v) is 7.93. The average molecular weight is 362 g/mol. The number of fused-ring (bicyclic) bond motifs is 1. The van der Waals surface area contributed by atoms with E-state index in [0.29, 0.717) is 5.54 Å². The number of piperidine rings is 1. The number of nitrogens with zero attached hydrogens (tertiary/aromatic N) is 5. The van der Waals surface area contributed by atoms with Crippen molar-refractivity contribution in [3.8, 4) is 0 Å². The molecule has 0 saturated carbocycles. The van der Waals surface area contributed by atoms with Crippen LogP contribution in [0.15, 0.2) is 36.8 Å². The number of anilines is 1. The largest absolute Gasteiger partial charge is 0.355 e. The Kier molecular flexibility index (Phi) is 4.08. The third-order valence-electron chi connectivity index (χ3n) is 6.47. The topological polar surface area (TPSA) is 60.9 Å². The Balaban J connectivity index is 1.31. The Labute approximate surface area is 159 Å². The minimum atomic E-state index is 0.326. The number of imidazole rings is 1. The predicted octanol–water partition coefficient (Wildman–Crippen LogP) is 3.30. The van der Waals surface area contributed by atoms with Gasteiger partial charge < -0.3 is 9.88 Å². The minimum absolute atomic E-state index is 0.326. The summed E-state index contributed by atoms with van der Waals surface area (Å²) < 4.78 is 0. The van der Waals surface area contributed by atoms with E-state index in [4.69, 9.17) is 4.98 Å². The molecule has 4 heterocycles. The monoisotopic (exact) mass is 362 g/mol. The fourth-order valence-corrected chi connectivity index (χ4v) is 4.79. The molecule has 6 heteroatoms. The summed E-state index contributed by atoms with van der Waals surface area (Å²) in [5.74, 6) is 1.01. The first-order valence-electron chi connectivity index (χ1n) is 9.94. The van der Waals surface area contributed by atoms with Crippen LogP contribution in [-0.4, -0.2) is 50.0 Å². The van der Waals surface area contributed by atoms with Crippen molar-refractivity contribution in [3.05, 3.63) is 48.2 Å². The minimum Gasteiger partial charge on any atom is -0.355 e. The summed E-state index contributed by atoms with van der Waals surface area (Å²) in [5, 5.41) is 0. The molecule has 27 heavy (non-hydrogen) atoms. The lowest BCUT2D eigenvalue weighted by Crippen LogP contribution is -2.52. The first kappa shape index (κ1) is 16.7. The molecule has 0 amide bonds. The first-order valence-corrected chi connectivity index (χ1v) is 9.94. The number of benzene rings is 1. The van der Waals surface area contributed by atoms with Gasteiger partial charge in [-0.3, -0.25) is 9.88 Å². The number of nitrogens with one attached hydrogen (secondary N) is 1. The predicted molar refractivity (Wildman–Crippen MR) is 107 cm³/mol. The van der Waals surface area contributed by atoms with Gasteiger partial charge in [-0.05, 0) is 51.3 Å². The second kappa shape index (κ2) is 6.60. The second-order valence-electron chi connectivity index (χ2n) is 7.93. The van der Waals surface area contributed by atoms with Gasteiger partial charge in [-0.15, -0.1) is 0 Å². The molecule has 140 valence electrons. The van der Waals surface area contributed by atoms with Crippen molar-refractivity contribution in [2.75, 3.05) is 24.5 Å². The molecule has 0 radical (unpaired) electrons. The Morgan fingerprint density at radius 2 is 1.85 bits per heavy atom. The van der Waals surface area contributed by atoms with Gasteiger partial charge in [-0.2, -0.15) is 0 Å². The van der Waals surface area contributed by atoms with Gasteiger partial charge in [-0.1, -0.05) is 12.1 Å². The summed E-state index contributed by atoms with van der Waals surface area (Å²) in [5.41, 5.74) is 4.66. The Hall–Kier alpha value is -2.47. The van der Waals surface area contributed by atoms with Gasteiger partial charge >= 0.3 is 0 Å². The fraction of sp³-hybridized carbons (Fsp3) is 0.476. The van der Waals surface area contributed by atoms with E-state index in [1.165, 1.54) is 43.6 Å². The molecule has 0 unspecified atom stereocenters. The van der Waals surface area contributed by atoms with E-state index in [1.807, 2.05) is 36.8 Å². The lowest BCUT2D eigenvalue weighted by atomic mass is 9.85. The highest BCUT2D eigenvalue weighted by atomic mass is 15.3. The molecule has 2 fully saturated rings. The molecule has 2 aliphatic rings. The van der Waals surface area contributed by atoms with Crippen LogP contribution in [-0.2, 0) is 6.54 Å². The molecule has 1 N–H and O–H groups in total. The Bertz CT molecular complexity index is 941. The number of hydrogen-bond donors (Lipinski definition) is 1. The third kappa shape index (κ3) is 2.98. The van der Waals surface area contributed by atoms with Crippen molar-refractivity contribution in [3.63, 3.8) is 0 Å². The SMILES string of the molecule is Cc1[nH]cnc1CN1CCCC12CCN(c1cnc3ccccc3n1)CC2. The van der Waals surface area contributed by atoms with Crippen LogP contribution in [0.2, 0.25) is 0 Å². The number of likely N-dealkylation sites (tertiary alicyclic amines) is 1. The number of para-hydroxylation sites is 2. The lowest BCUT2D eigenvalue weighted by molar-refractivity contribution is 0.0982. The standard InChI is InChI=1S/C21H26N6/c1-16-19(24-15-23-16)14-27-10-4-7-21(27)8-11-26(12-9-21)20-13-22-17-5-2-3-6-18(17)25-20/h2-3,5-6,13,15H,4,7-12,14H2,1H3,(H,23,24). The van der Waals surface area contributed by atoms with Crippen LogP contribution >= 0.6 is 0 Å². The quantitative estimate of drug-likeness (QED) is 0.775. The van der Waals surface area contributed by atoms with Crippen LogP contribution in [0.3, 0.4) is 0 Å². The van der Waals surface area contributed by atoms with E-state index in [9.17, 15) is 0 Å². The number of hydrogen-bond acceptors (Lipinski definition) is 5. The van der Waals surface area contributed by atoms with E-state index in [-0.39, 0.29) is 0 Å². The van der Waals surface area contributed by atoms with Crippen molar-refractivity contribution >= 4 is 16.9 Å². The summed E-state index contributed by atoms with van der Waals surface area (Å²) in [7, 11) is 0. The zero-order chi connectivity index (χ0) is 18.3. The van der Waals surface area contributed by atoms with Crippen molar-refractivity contribution in [2.45, 2.75) is 44.7 Å². The van der Waals surface area contributed by atoms with Crippen LogP contribution in [0, 0.1) is 6.92 Å². The molecule has 6 nitrogen and oxygen atoms in total. The molecule has 2 aromatic heterocycles. The van der Waals surface area contributed by atoms with Crippen molar-refractivity contribution in [2.24, 2.45) is 0 Å². The number of H-pyrrole nitrogens is 1. The van der Waals surface area contributed by atoms with Gasteiger partial charge in [0.15, 0.2) is 0 Å². The number of aryl methyl sites for hydroxylation is 1. The van der Waals surface area contributed by atoms with E-state index in [1.54, 1.807) is 0 Å². The van der Waals surface area contributed by atoms with Crippen molar-refractivity contribution in [1.82, 2.24) is 24.8 Å². The summed E-state index contributed by atoms with van der Waals surface area (Å²) in [6.07, 6.45) is 8.71. The van der Waals surface area contributed by atoms with Gasteiger partial charge in [0.2, 0.25) is 0 Å². The number of aromatic nitrogens is 4. The van der Waals surface area contributed by atoms with Crippen molar-refractivity contribution < 1.29 is 0 Å². The highest BCUT2D eigenvalue weighted by Gasteiger charge is 2.43. The van der Waals surface area contributed by atoms with Gasteiger partial charge in [0.1, 0.15) is 5.82 Å². The third-order valence-corrected chi connectivity index (χ3v) is 6.47. The zero-order valence-electron chi connectivity index (χ0n) is 15.9. The molecule has 2 aliphatic heterocycles. The molecule has 1 aromatic carbocycles. The summed E-state index contributed by atoms with van der Waals surface area (Å²) >= 11 is 0. The molecule has 0 atom stereocenters. The first-order chi connectivity index (χ1) is 13.2. The molecular formula is C21H26N6. The maximum absolute atomic E-state index is 4.84. The molecular weight excluding hydrogens is 336 g/mol. The molecule has 1 spiro atoms. The van der Waals surface area contributed by atoms with Crippen molar-refractivity contribution in [1.29, 1.82) is 0 Å². The maximum atomic E-state index is 4.84. The van der Waals surface area contributed by atoms with E-state index in [2.05, 4.69) is 31.7 Å². The Morgan fingerprint density at radius 3 is 2.63 bits per heavy atom. The zero-order valence-corrected chi connectivity index (χ0v) is 15.9. The smallest absolute Gasteiger partial charge is 0.147 e. The summed E-state index contributed by atoms with van der Waals surface area (Å²) in [6, 6.07) is 8.10. The van der Waals surface area contributed by atoms with E-state index in [0.717, 1.165) is 36.5 Å². The summed E-state index contributed by atoms with van der Waals surface area (Å²) in [4.78, 5) is 22.3. The van der Waals surface area contributed by atoms with E-state index >= 15 is 0 Å². The lowest BCUT2D eigenvalue weighted by Gasteiger charge is -2.45. The summed E-state index contributed by atoms with van der Waals surface area (Å²) in [6.45, 7) is 6.35. The molecule has 2 saturated heterocycles. The molecule has 3 aromatic rings. The molecule has 0 bridgehead atoms. The van der Waals surface area contributed by atoms with E-state index < -0.39 is 0 Å². The van der Waals surface area contributed by atoms with Gasteiger partial charge in [0.05, 0.1) is 29.3 Å². The average Bonchev–Trinajstić information content (AvgIpc) is 3.29. The highest BCUT2D eigenvalue weighted by Crippen LogP contribution is 2.40. The normalized spacial score (nSPS) is 20.0. The highest BCUT2D eigenvalue weighted by molar-refractivity contribution is 5.75. The molecule has 5 rings (SSSR count). The fourth-order valence-electron chi connectivity index (χ4n) is 4.79. The van der Waals surface area contributed by atoms with Gasteiger partial charge in [-0.25, -0.2) is 9.97 Å². The maximum Gasteiger partial charge on any atom is 0.147 e. The van der Waals surface area contributed by atoms with Gasteiger partial charge in [0.25, 0.3) is 0 Å². The molecule has 0 aliphatic carbocycles. The van der Waals surface area contributed by atoms with Crippen LogP contribution in [0.5, 0.6) is 0 Å². The van der Waals surface area contributed by atoms with Crippen LogP contribution in [0.4, 0.5) is 5.82 Å². The Morgan fingerprint density at radius 1 is 1.04 bits per heavy atom. The van der Waals surface area contributed by atoms with Gasteiger partial charge in [0, 0.05) is 30.9 Å². The number of rotatable bonds is 3. The van der Waals surface area contributed by atoms with Crippen LogP contribution in [0.1, 0.15) is 37.1 Å².